The average Bonchev–Trinajstić information content (AvgIpc) is 2.26. The summed E-state index contributed by atoms with van der Waals surface area (Å²) in [7, 11) is -0.439. The molecule has 0 unspecified atom stereocenters. The van der Waals surface area contributed by atoms with Crippen molar-refractivity contribution in [2.24, 2.45) is 0 Å². The molecule has 2 aromatic carbocycles. The standard InChI is InChI=1S/C12H7BF4O2/c14-7-1-8(15)4-11(3-7)18-13-19-12-5-9(16)2-10(17)6-12/h1-6,13H. The average molecular weight is 270 g/mol. The third kappa shape index (κ3) is 3.91. The van der Waals surface area contributed by atoms with Crippen LogP contribution in [0.1, 0.15) is 0 Å². The second-order valence-electron chi connectivity index (χ2n) is 3.62. The smallest absolute Gasteiger partial charge is 0.528 e. The summed E-state index contributed by atoms with van der Waals surface area (Å²) in [5, 5.41) is 0. The molecule has 0 radical (unpaired) electrons. The van der Waals surface area contributed by atoms with Gasteiger partial charge in [0.15, 0.2) is 0 Å². The molecule has 0 aliphatic heterocycles. The highest BCUT2D eigenvalue weighted by Gasteiger charge is 2.06. The Kier molecular flexibility index (Phi) is 3.94. The zero-order valence-corrected chi connectivity index (χ0v) is 9.50. The molecule has 0 saturated carbocycles. The Morgan fingerprint density at radius 2 is 0.895 bits per heavy atom. The van der Waals surface area contributed by atoms with Crippen molar-refractivity contribution in [1.29, 1.82) is 0 Å². The summed E-state index contributed by atoms with van der Waals surface area (Å²) in [5.41, 5.74) is 0. The van der Waals surface area contributed by atoms with Crippen molar-refractivity contribution in [3.05, 3.63) is 59.7 Å². The van der Waals surface area contributed by atoms with Gasteiger partial charge in [0.05, 0.1) is 0 Å². The molecule has 2 rings (SSSR count). The van der Waals surface area contributed by atoms with Crippen LogP contribution in [-0.2, 0) is 0 Å². The fourth-order valence-electron chi connectivity index (χ4n) is 1.39. The minimum atomic E-state index is -0.799. The largest absolute Gasteiger partial charge is 0.576 e. The molecule has 0 aromatic heterocycles. The van der Waals surface area contributed by atoms with E-state index in [1.807, 2.05) is 0 Å². The van der Waals surface area contributed by atoms with Crippen LogP contribution in [0.25, 0.3) is 0 Å². The quantitative estimate of drug-likeness (QED) is 0.628. The van der Waals surface area contributed by atoms with Crippen molar-refractivity contribution in [3.8, 4) is 11.5 Å². The van der Waals surface area contributed by atoms with Crippen LogP contribution >= 0.6 is 0 Å². The number of benzene rings is 2. The minimum absolute atomic E-state index is 0.0885. The second kappa shape index (κ2) is 5.64. The zero-order chi connectivity index (χ0) is 13.8. The molecule has 0 aliphatic carbocycles. The van der Waals surface area contributed by atoms with E-state index in [0.29, 0.717) is 12.1 Å². The van der Waals surface area contributed by atoms with Gasteiger partial charge in [-0.3, -0.25) is 0 Å². The first kappa shape index (κ1) is 13.3. The summed E-state index contributed by atoms with van der Waals surface area (Å²) in [6.07, 6.45) is 0. The predicted octanol–water partition coefficient (Wildman–Crippen LogP) is 2.97. The molecule has 0 fully saturated rings. The lowest BCUT2D eigenvalue weighted by atomic mass is 10.2. The van der Waals surface area contributed by atoms with E-state index in [1.54, 1.807) is 0 Å². The Morgan fingerprint density at radius 1 is 0.579 bits per heavy atom. The highest BCUT2D eigenvalue weighted by atomic mass is 19.1. The zero-order valence-electron chi connectivity index (χ0n) is 9.50. The van der Waals surface area contributed by atoms with Gasteiger partial charge in [0, 0.05) is 36.4 Å². The number of hydrogen-bond donors (Lipinski definition) is 0. The van der Waals surface area contributed by atoms with Crippen LogP contribution in [0, 0.1) is 23.3 Å². The second-order valence-corrected chi connectivity index (χ2v) is 3.62. The number of rotatable bonds is 4. The summed E-state index contributed by atoms with van der Waals surface area (Å²) in [6, 6.07) is 5.21. The van der Waals surface area contributed by atoms with Crippen molar-refractivity contribution in [1.82, 2.24) is 0 Å². The van der Waals surface area contributed by atoms with Crippen LogP contribution in [-0.4, -0.2) is 7.69 Å². The van der Waals surface area contributed by atoms with Crippen molar-refractivity contribution < 1.29 is 26.9 Å². The normalized spacial score (nSPS) is 10.1. The highest BCUT2D eigenvalue weighted by molar-refractivity contribution is 6.20. The van der Waals surface area contributed by atoms with E-state index < -0.39 is 31.0 Å². The van der Waals surface area contributed by atoms with Crippen LogP contribution in [0.5, 0.6) is 11.5 Å². The summed E-state index contributed by atoms with van der Waals surface area (Å²) >= 11 is 0. The van der Waals surface area contributed by atoms with Crippen molar-refractivity contribution in [3.63, 3.8) is 0 Å². The first-order chi connectivity index (χ1) is 9.02. The van der Waals surface area contributed by atoms with Crippen LogP contribution in [0.15, 0.2) is 36.4 Å². The first-order valence-corrected chi connectivity index (χ1v) is 5.21. The molecule has 0 heterocycles. The van der Waals surface area contributed by atoms with E-state index >= 15 is 0 Å². The third-order valence-corrected chi connectivity index (χ3v) is 2.12. The van der Waals surface area contributed by atoms with Gasteiger partial charge < -0.3 is 9.31 Å². The van der Waals surface area contributed by atoms with Crippen LogP contribution in [0.2, 0.25) is 0 Å². The lowest BCUT2D eigenvalue weighted by Crippen LogP contribution is -2.11. The fraction of sp³-hybridized carbons (Fsp3) is 0. The molecule has 0 N–H and O–H groups in total. The maximum atomic E-state index is 12.8. The lowest BCUT2D eigenvalue weighted by molar-refractivity contribution is 0.447. The molecule has 0 bridgehead atoms. The number of hydrogen-bond acceptors (Lipinski definition) is 2. The van der Waals surface area contributed by atoms with Gasteiger partial charge in [-0.1, -0.05) is 0 Å². The molecule has 0 saturated heterocycles. The lowest BCUT2D eigenvalue weighted by Gasteiger charge is -2.07. The third-order valence-electron chi connectivity index (χ3n) is 2.12. The molecule has 2 aromatic rings. The van der Waals surface area contributed by atoms with Gasteiger partial charge in [0.25, 0.3) is 0 Å². The molecule has 0 amide bonds. The molecular weight excluding hydrogens is 263 g/mol. The van der Waals surface area contributed by atoms with E-state index in [-0.39, 0.29) is 11.5 Å². The van der Waals surface area contributed by atoms with Crippen LogP contribution in [0.3, 0.4) is 0 Å². The highest BCUT2D eigenvalue weighted by Crippen LogP contribution is 2.17. The monoisotopic (exact) mass is 270 g/mol. The van der Waals surface area contributed by atoms with Crippen molar-refractivity contribution >= 4 is 7.69 Å². The van der Waals surface area contributed by atoms with Gasteiger partial charge in [0.2, 0.25) is 0 Å². The van der Waals surface area contributed by atoms with Crippen molar-refractivity contribution in [2.45, 2.75) is 0 Å². The molecule has 0 atom stereocenters. The molecular formula is C12H7BF4O2. The Morgan fingerprint density at radius 3 is 1.21 bits per heavy atom. The van der Waals surface area contributed by atoms with Gasteiger partial charge in [0.1, 0.15) is 34.8 Å². The Labute approximate surface area is 106 Å². The molecule has 0 aliphatic rings. The summed E-state index contributed by atoms with van der Waals surface area (Å²) in [5.74, 6) is -3.37. The molecule has 19 heavy (non-hydrogen) atoms. The Balaban J connectivity index is 1.96. The maximum absolute atomic E-state index is 12.8. The van der Waals surface area contributed by atoms with Crippen molar-refractivity contribution in [2.75, 3.05) is 0 Å². The first-order valence-electron chi connectivity index (χ1n) is 5.21. The number of halogens is 4. The fourth-order valence-corrected chi connectivity index (χ4v) is 1.39. The van der Waals surface area contributed by atoms with E-state index in [9.17, 15) is 17.6 Å². The van der Waals surface area contributed by atoms with E-state index in [2.05, 4.69) is 0 Å². The summed E-state index contributed by atoms with van der Waals surface area (Å²) in [4.78, 5) is 0. The van der Waals surface area contributed by atoms with Gasteiger partial charge in [-0.05, 0) is 0 Å². The minimum Gasteiger partial charge on any atom is -0.528 e. The van der Waals surface area contributed by atoms with Gasteiger partial charge in [-0.25, -0.2) is 17.6 Å². The SMILES string of the molecule is Fc1cc(F)cc(OBOc2cc(F)cc(F)c2)c1. The van der Waals surface area contributed by atoms with Crippen LogP contribution in [0.4, 0.5) is 17.6 Å². The van der Waals surface area contributed by atoms with E-state index in [1.165, 1.54) is 0 Å². The van der Waals surface area contributed by atoms with E-state index in [4.69, 9.17) is 9.31 Å². The van der Waals surface area contributed by atoms with Gasteiger partial charge >= 0.3 is 7.69 Å². The van der Waals surface area contributed by atoms with Crippen LogP contribution < -0.4 is 9.31 Å². The maximum Gasteiger partial charge on any atom is 0.576 e. The Hall–Kier alpha value is -2.18. The Bertz CT molecular complexity index is 500. The summed E-state index contributed by atoms with van der Waals surface area (Å²) < 4.78 is 61.1. The predicted molar refractivity (Wildman–Crippen MR) is 61.1 cm³/mol. The molecule has 7 heteroatoms. The molecule has 2 nitrogen and oxygen atoms in total. The summed E-state index contributed by atoms with van der Waals surface area (Å²) in [6.45, 7) is 0. The molecule has 98 valence electrons. The molecule has 0 spiro atoms. The van der Waals surface area contributed by atoms with Gasteiger partial charge in [-0.2, -0.15) is 0 Å². The topological polar surface area (TPSA) is 18.5 Å². The van der Waals surface area contributed by atoms with Gasteiger partial charge in [-0.15, -0.1) is 0 Å². The van der Waals surface area contributed by atoms with E-state index in [0.717, 1.165) is 24.3 Å².